The van der Waals surface area contributed by atoms with Gasteiger partial charge in [-0.25, -0.2) is 10.4 Å². The van der Waals surface area contributed by atoms with Gasteiger partial charge in [-0.05, 0) is 62.9 Å². The number of halogens is 1. The molecule has 2 aromatic carbocycles. The van der Waals surface area contributed by atoms with Crippen molar-refractivity contribution in [3.8, 4) is 11.3 Å². The van der Waals surface area contributed by atoms with Crippen LogP contribution >= 0.6 is 23.7 Å². The summed E-state index contributed by atoms with van der Waals surface area (Å²) < 4.78 is 2.28. The van der Waals surface area contributed by atoms with Gasteiger partial charge in [0.1, 0.15) is 0 Å². The number of imidazole rings is 1. The second-order valence-corrected chi connectivity index (χ2v) is 10.6. The van der Waals surface area contributed by atoms with Crippen molar-refractivity contribution in [2.45, 2.75) is 38.5 Å². The summed E-state index contributed by atoms with van der Waals surface area (Å²) in [6, 6.07) is 14.8. The van der Waals surface area contributed by atoms with Crippen LogP contribution in [0.4, 0.5) is 0 Å². The summed E-state index contributed by atoms with van der Waals surface area (Å²) in [4.78, 5) is 22.5. The number of hydrazone groups is 1. The number of hydrogen-bond donors (Lipinski definition) is 1. The minimum absolute atomic E-state index is 0. The molecule has 1 fully saturated rings. The van der Waals surface area contributed by atoms with Crippen LogP contribution in [0, 0.1) is 5.92 Å². The average Bonchev–Trinajstić information content (AvgIpc) is 3.40. The number of benzene rings is 2. The lowest BCUT2D eigenvalue weighted by atomic mass is 9.98. The Balaban J connectivity index is 0.00000253. The second kappa shape index (κ2) is 10.1. The molecule has 182 valence electrons. The highest BCUT2D eigenvalue weighted by Gasteiger charge is 2.25. The van der Waals surface area contributed by atoms with Crippen molar-refractivity contribution in [3.05, 3.63) is 58.7 Å². The number of nitrogens with one attached hydrogen (secondary N) is 1. The van der Waals surface area contributed by atoms with Crippen molar-refractivity contribution in [1.29, 1.82) is 0 Å². The Bertz CT molecular complexity index is 1400. The van der Waals surface area contributed by atoms with Crippen molar-refractivity contribution in [2.24, 2.45) is 11.0 Å². The highest BCUT2D eigenvalue weighted by molar-refractivity contribution is 7.17. The lowest BCUT2D eigenvalue weighted by Crippen LogP contribution is -2.40. The van der Waals surface area contributed by atoms with Gasteiger partial charge in [0, 0.05) is 22.7 Å². The van der Waals surface area contributed by atoms with Gasteiger partial charge in [-0.3, -0.25) is 9.20 Å². The van der Waals surface area contributed by atoms with E-state index < -0.39 is 0 Å². The molecular weight excluding hydrogens is 478 g/mol. The van der Waals surface area contributed by atoms with E-state index in [-0.39, 0.29) is 24.2 Å². The standard InChI is InChI=1S/C27H29N5OS.ClH/c1-31-15-7-10-19(17-31)26(33)30-28-16-23-25(21-12-6-9-18-8-2-3-11-20(18)21)29-27-32(23)22-13-4-5-14-24(22)34-27;/h2-3,6,8-9,11-12,16,19H,4-5,7,10,13-15,17H2,1H3,(H,30,33);1H/b28-16+;. The van der Waals surface area contributed by atoms with Crippen molar-refractivity contribution in [3.63, 3.8) is 0 Å². The fourth-order valence-electron chi connectivity index (χ4n) is 5.44. The molecule has 1 saturated heterocycles. The van der Waals surface area contributed by atoms with E-state index in [4.69, 9.17) is 4.98 Å². The van der Waals surface area contributed by atoms with Gasteiger partial charge < -0.3 is 4.90 Å². The van der Waals surface area contributed by atoms with Gasteiger partial charge in [-0.2, -0.15) is 5.10 Å². The Kier molecular flexibility index (Phi) is 6.91. The zero-order valence-electron chi connectivity index (χ0n) is 19.9. The molecule has 3 heterocycles. The van der Waals surface area contributed by atoms with Crippen LogP contribution in [0.2, 0.25) is 0 Å². The molecule has 1 N–H and O–H groups in total. The van der Waals surface area contributed by atoms with E-state index in [0.29, 0.717) is 0 Å². The van der Waals surface area contributed by atoms with Gasteiger partial charge in [0.05, 0.1) is 23.5 Å². The number of rotatable bonds is 4. The number of aromatic nitrogens is 2. The maximum absolute atomic E-state index is 12.8. The molecule has 0 bridgehead atoms. The normalized spacial score (nSPS) is 18.6. The molecule has 8 heteroatoms. The number of carbonyl (C=O) groups excluding carboxylic acids is 1. The van der Waals surface area contributed by atoms with E-state index in [1.807, 2.05) is 6.21 Å². The molecule has 1 aliphatic heterocycles. The molecule has 2 aliphatic rings. The molecule has 6 rings (SSSR count). The van der Waals surface area contributed by atoms with Gasteiger partial charge in [0.25, 0.3) is 0 Å². The van der Waals surface area contributed by atoms with Crippen LogP contribution in [0.3, 0.4) is 0 Å². The number of piperidine rings is 1. The molecular formula is C27H30ClN5OS. The third kappa shape index (κ3) is 4.48. The first-order valence-corrected chi connectivity index (χ1v) is 13.0. The number of amides is 1. The summed E-state index contributed by atoms with van der Waals surface area (Å²) in [5.41, 5.74) is 7.15. The number of thiazole rings is 1. The van der Waals surface area contributed by atoms with Crippen LogP contribution in [0.5, 0.6) is 0 Å². The van der Waals surface area contributed by atoms with Crippen molar-refractivity contribution >= 4 is 51.6 Å². The zero-order chi connectivity index (χ0) is 23.1. The second-order valence-electron chi connectivity index (χ2n) is 9.51. The summed E-state index contributed by atoms with van der Waals surface area (Å²) in [7, 11) is 2.07. The van der Waals surface area contributed by atoms with E-state index in [2.05, 4.69) is 69.3 Å². The summed E-state index contributed by atoms with van der Waals surface area (Å²) in [5.74, 6) is -0.00424. The van der Waals surface area contributed by atoms with E-state index in [0.717, 1.165) is 60.7 Å². The first-order chi connectivity index (χ1) is 16.7. The number of carbonyl (C=O) groups is 1. The van der Waals surface area contributed by atoms with Gasteiger partial charge in [-0.1, -0.05) is 42.5 Å². The SMILES string of the molecule is CN1CCCC(C(=O)N/N=C/c2c(-c3cccc4ccccc34)nc3sc4c(n23)CCCC4)C1.Cl. The van der Waals surface area contributed by atoms with Crippen LogP contribution in [-0.4, -0.2) is 46.5 Å². The van der Waals surface area contributed by atoms with Gasteiger partial charge in [0.15, 0.2) is 4.96 Å². The third-order valence-corrected chi connectivity index (χ3v) is 8.30. The Morgan fingerprint density at radius 1 is 1.14 bits per heavy atom. The van der Waals surface area contributed by atoms with Crippen LogP contribution in [0.15, 0.2) is 47.6 Å². The van der Waals surface area contributed by atoms with Crippen molar-refractivity contribution in [2.75, 3.05) is 20.1 Å². The predicted octanol–water partition coefficient (Wildman–Crippen LogP) is 5.31. The number of aryl methyl sites for hydroxylation is 2. The smallest absolute Gasteiger partial charge is 0.244 e. The highest BCUT2D eigenvalue weighted by atomic mass is 35.5. The largest absolute Gasteiger partial charge is 0.306 e. The quantitative estimate of drug-likeness (QED) is 0.301. The molecule has 2 aromatic heterocycles. The summed E-state index contributed by atoms with van der Waals surface area (Å²) >= 11 is 1.79. The number of nitrogens with zero attached hydrogens (tertiary/aromatic N) is 4. The fourth-order valence-corrected chi connectivity index (χ4v) is 6.65. The molecule has 1 aliphatic carbocycles. The fraction of sp³-hybridized carbons (Fsp3) is 0.370. The summed E-state index contributed by atoms with van der Waals surface area (Å²) in [5, 5.41) is 6.82. The molecule has 4 aromatic rings. The molecule has 0 radical (unpaired) electrons. The Morgan fingerprint density at radius 3 is 2.86 bits per heavy atom. The average molecular weight is 508 g/mol. The van der Waals surface area contributed by atoms with E-state index >= 15 is 0 Å². The van der Waals surface area contributed by atoms with Crippen LogP contribution in [0.1, 0.15) is 41.9 Å². The lowest BCUT2D eigenvalue weighted by molar-refractivity contribution is -0.126. The first-order valence-electron chi connectivity index (χ1n) is 12.2. The summed E-state index contributed by atoms with van der Waals surface area (Å²) in [6.07, 6.45) is 8.39. The van der Waals surface area contributed by atoms with Gasteiger partial charge in [-0.15, -0.1) is 23.7 Å². The van der Waals surface area contributed by atoms with E-state index in [1.165, 1.54) is 34.2 Å². The monoisotopic (exact) mass is 507 g/mol. The molecule has 1 atom stereocenters. The number of likely N-dealkylation sites (tertiary alicyclic amines) is 1. The third-order valence-electron chi connectivity index (χ3n) is 7.16. The first kappa shape index (κ1) is 24.0. The number of hydrogen-bond acceptors (Lipinski definition) is 5. The van der Waals surface area contributed by atoms with Crippen molar-refractivity contribution in [1.82, 2.24) is 19.7 Å². The topological polar surface area (TPSA) is 62.0 Å². The number of fused-ring (bicyclic) bond motifs is 4. The minimum atomic E-state index is -0.00666. The Hall–Kier alpha value is -2.74. The van der Waals surface area contributed by atoms with Crippen molar-refractivity contribution < 1.29 is 4.79 Å². The molecule has 0 spiro atoms. The summed E-state index contributed by atoms with van der Waals surface area (Å²) in [6.45, 7) is 1.84. The van der Waals surface area contributed by atoms with Gasteiger partial charge >= 0.3 is 0 Å². The maximum atomic E-state index is 12.8. The molecule has 1 amide bonds. The van der Waals surface area contributed by atoms with E-state index in [9.17, 15) is 4.79 Å². The molecule has 0 saturated carbocycles. The maximum Gasteiger partial charge on any atom is 0.244 e. The van der Waals surface area contributed by atoms with Crippen LogP contribution in [-0.2, 0) is 17.6 Å². The highest BCUT2D eigenvalue weighted by Crippen LogP contribution is 2.36. The minimum Gasteiger partial charge on any atom is -0.306 e. The van der Waals surface area contributed by atoms with Crippen LogP contribution < -0.4 is 5.43 Å². The molecule has 6 nitrogen and oxygen atoms in total. The van der Waals surface area contributed by atoms with Gasteiger partial charge in [0.2, 0.25) is 5.91 Å². The zero-order valence-corrected chi connectivity index (χ0v) is 21.5. The lowest BCUT2D eigenvalue weighted by Gasteiger charge is -2.28. The van der Waals surface area contributed by atoms with E-state index in [1.54, 1.807) is 11.3 Å². The molecule has 35 heavy (non-hydrogen) atoms. The van der Waals surface area contributed by atoms with Crippen LogP contribution in [0.25, 0.3) is 27.0 Å². The predicted molar refractivity (Wildman–Crippen MR) is 146 cm³/mol. The Labute approximate surface area is 215 Å². The molecule has 1 unspecified atom stereocenters. The Morgan fingerprint density at radius 2 is 1.97 bits per heavy atom.